The Kier molecular flexibility index (Phi) is 2.89. The highest BCUT2D eigenvalue weighted by Gasteiger charge is 2.43. The van der Waals surface area contributed by atoms with E-state index in [1.165, 1.54) is 38.6 Å². The van der Waals surface area contributed by atoms with E-state index in [2.05, 4.69) is 29.2 Å². The van der Waals surface area contributed by atoms with Crippen LogP contribution in [0.2, 0.25) is 0 Å². The van der Waals surface area contributed by atoms with Crippen LogP contribution in [-0.2, 0) is 12.8 Å². The van der Waals surface area contributed by atoms with Gasteiger partial charge in [0.15, 0.2) is 0 Å². The molecule has 0 spiro atoms. The Labute approximate surface area is 116 Å². The smallest absolute Gasteiger partial charge is 0.0180 e. The van der Waals surface area contributed by atoms with Crippen molar-refractivity contribution >= 4 is 0 Å². The van der Waals surface area contributed by atoms with Crippen LogP contribution in [-0.4, -0.2) is 30.1 Å². The van der Waals surface area contributed by atoms with Crippen LogP contribution in [0.3, 0.4) is 0 Å². The zero-order valence-electron chi connectivity index (χ0n) is 11.6. The number of hydrogen-bond donors (Lipinski definition) is 1. The topological polar surface area (TPSA) is 29.3 Å². The number of nitrogens with two attached hydrogens (primary N) is 1. The summed E-state index contributed by atoms with van der Waals surface area (Å²) in [5.41, 5.74) is 9.35. The fourth-order valence-corrected chi connectivity index (χ4v) is 4.80. The molecule has 1 aromatic rings. The molecule has 3 aliphatic rings. The zero-order chi connectivity index (χ0) is 12.8. The van der Waals surface area contributed by atoms with Crippen LogP contribution in [0.4, 0.5) is 0 Å². The van der Waals surface area contributed by atoms with E-state index in [-0.39, 0.29) is 0 Å². The minimum atomic E-state index is 0.421. The van der Waals surface area contributed by atoms with E-state index in [4.69, 9.17) is 5.73 Å². The molecule has 1 saturated heterocycles. The minimum Gasteiger partial charge on any atom is -0.326 e. The highest BCUT2D eigenvalue weighted by molar-refractivity contribution is 5.31. The molecule has 1 aliphatic heterocycles. The SMILES string of the molecule is NC1CCN(C2C3CCC2Cc2ccccc2C3)C1. The zero-order valence-corrected chi connectivity index (χ0v) is 11.6. The lowest BCUT2D eigenvalue weighted by molar-refractivity contribution is 0.157. The van der Waals surface area contributed by atoms with Crippen molar-refractivity contribution < 1.29 is 0 Å². The largest absolute Gasteiger partial charge is 0.326 e. The van der Waals surface area contributed by atoms with Crippen molar-refractivity contribution in [3.63, 3.8) is 0 Å². The predicted octanol–water partition coefficient (Wildman–Crippen LogP) is 2.21. The van der Waals surface area contributed by atoms with Crippen molar-refractivity contribution in [1.29, 1.82) is 0 Å². The van der Waals surface area contributed by atoms with Crippen LogP contribution in [0.5, 0.6) is 0 Å². The molecule has 2 nitrogen and oxygen atoms in total. The predicted molar refractivity (Wildman–Crippen MR) is 78.0 cm³/mol. The molecule has 19 heavy (non-hydrogen) atoms. The second-order valence-corrected chi connectivity index (χ2v) is 6.81. The highest BCUT2D eigenvalue weighted by atomic mass is 15.2. The van der Waals surface area contributed by atoms with Gasteiger partial charge in [0.25, 0.3) is 0 Å². The van der Waals surface area contributed by atoms with Crippen LogP contribution in [0, 0.1) is 11.8 Å². The molecule has 0 aromatic heterocycles. The first kappa shape index (κ1) is 11.9. The Balaban J connectivity index is 1.63. The van der Waals surface area contributed by atoms with E-state index in [9.17, 15) is 0 Å². The summed E-state index contributed by atoms with van der Waals surface area (Å²) in [5, 5.41) is 0. The monoisotopic (exact) mass is 256 g/mol. The average molecular weight is 256 g/mol. The van der Waals surface area contributed by atoms with Gasteiger partial charge in [-0.15, -0.1) is 0 Å². The molecule has 2 N–H and O–H groups in total. The van der Waals surface area contributed by atoms with E-state index in [1.807, 2.05) is 0 Å². The van der Waals surface area contributed by atoms with Crippen LogP contribution < -0.4 is 5.73 Å². The van der Waals surface area contributed by atoms with Crippen LogP contribution in [0.15, 0.2) is 24.3 Å². The molecule has 2 bridgehead atoms. The summed E-state index contributed by atoms with van der Waals surface area (Å²) in [5.74, 6) is 1.75. The summed E-state index contributed by atoms with van der Waals surface area (Å²) in [6.07, 6.45) is 6.64. The standard InChI is InChI=1S/C17H24N2/c18-16-7-8-19(11-16)17-14-5-6-15(17)10-13-4-2-1-3-12(13)9-14/h1-4,14-17H,5-11,18H2. The van der Waals surface area contributed by atoms with Gasteiger partial charge < -0.3 is 5.73 Å². The van der Waals surface area contributed by atoms with Gasteiger partial charge in [-0.2, -0.15) is 0 Å². The second-order valence-electron chi connectivity index (χ2n) is 6.81. The van der Waals surface area contributed by atoms with Crippen molar-refractivity contribution in [2.45, 2.75) is 44.2 Å². The fraction of sp³-hybridized carbons (Fsp3) is 0.647. The summed E-state index contributed by atoms with van der Waals surface area (Å²) in [6, 6.07) is 10.3. The summed E-state index contributed by atoms with van der Waals surface area (Å²) in [7, 11) is 0. The van der Waals surface area contributed by atoms with Gasteiger partial charge in [-0.3, -0.25) is 4.90 Å². The lowest BCUT2D eigenvalue weighted by Crippen LogP contribution is -2.42. The average Bonchev–Trinajstić information content (AvgIpc) is 2.92. The van der Waals surface area contributed by atoms with Crippen molar-refractivity contribution in [3.8, 4) is 0 Å². The molecule has 1 aromatic carbocycles. The Morgan fingerprint density at radius 2 is 1.58 bits per heavy atom. The van der Waals surface area contributed by atoms with Gasteiger partial charge in [-0.25, -0.2) is 0 Å². The molecular formula is C17H24N2. The lowest BCUT2D eigenvalue weighted by Gasteiger charge is -2.32. The van der Waals surface area contributed by atoms with Gasteiger partial charge in [-0.05, 0) is 55.1 Å². The highest BCUT2D eigenvalue weighted by Crippen LogP contribution is 2.43. The maximum atomic E-state index is 6.12. The molecule has 4 rings (SSSR count). The molecular weight excluding hydrogens is 232 g/mol. The van der Waals surface area contributed by atoms with Crippen molar-refractivity contribution in [2.24, 2.45) is 17.6 Å². The van der Waals surface area contributed by atoms with Gasteiger partial charge in [0.1, 0.15) is 0 Å². The van der Waals surface area contributed by atoms with Crippen molar-refractivity contribution in [1.82, 2.24) is 4.90 Å². The maximum absolute atomic E-state index is 6.12. The molecule has 3 atom stereocenters. The van der Waals surface area contributed by atoms with E-state index in [1.54, 1.807) is 11.1 Å². The Morgan fingerprint density at radius 3 is 2.11 bits per heavy atom. The Hall–Kier alpha value is -0.860. The lowest BCUT2D eigenvalue weighted by atomic mass is 9.94. The van der Waals surface area contributed by atoms with E-state index in [0.29, 0.717) is 6.04 Å². The molecule has 0 amide bonds. The van der Waals surface area contributed by atoms with Crippen LogP contribution in [0.25, 0.3) is 0 Å². The van der Waals surface area contributed by atoms with E-state index >= 15 is 0 Å². The molecule has 1 heterocycles. The number of fused-ring (bicyclic) bond motifs is 3. The normalized spacial score (nSPS) is 38.2. The van der Waals surface area contributed by atoms with Crippen molar-refractivity contribution in [2.75, 3.05) is 13.1 Å². The second kappa shape index (κ2) is 4.60. The van der Waals surface area contributed by atoms with Crippen LogP contribution >= 0.6 is 0 Å². The first-order valence-electron chi connectivity index (χ1n) is 7.87. The van der Waals surface area contributed by atoms with Crippen molar-refractivity contribution in [3.05, 3.63) is 35.4 Å². The first-order chi connectivity index (χ1) is 9.31. The summed E-state index contributed by atoms with van der Waals surface area (Å²) >= 11 is 0. The quantitative estimate of drug-likeness (QED) is 0.835. The molecule has 2 fully saturated rings. The third kappa shape index (κ3) is 2.02. The minimum absolute atomic E-state index is 0.421. The first-order valence-corrected chi connectivity index (χ1v) is 7.87. The summed E-state index contributed by atoms with van der Waals surface area (Å²) in [4.78, 5) is 2.72. The third-order valence-electron chi connectivity index (χ3n) is 5.63. The molecule has 102 valence electrons. The number of rotatable bonds is 1. The number of nitrogens with zero attached hydrogens (tertiary/aromatic N) is 1. The fourth-order valence-electron chi connectivity index (χ4n) is 4.80. The summed E-state index contributed by atoms with van der Waals surface area (Å²) in [6.45, 7) is 2.36. The van der Waals surface area contributed by atoms with E-state index < -0.39 is 0 Å². The molecule has 3 unspecified atom stereocenters. The Morgan fingerprint density at radius 1 is 0.947 bits per heavy atom. The molecule has 0 radical (unpaired) electrons. The third-order valence-corrected chi connectivity index (χ3v) is 5.63. The van der Waals surface area contributed by atoms with E-state index in [0.717, 1.165) is 24.4 Å². The van der Waals surface area contributed by atoms with Gasteiger partial charge in [0.2, 0.25) is 0 Å². The Bertz CT molecular complexity index is 437. The van der Waals surface area contributed by atoms with Gasteiger partial charge in [-0.1, -0.05) is 24.3 Å². The molecule has 1 saturated carbocycles. The van der Waals surface area contributed by atoms with Gasteiger partial charge in [0, 0.05) is 25.2 Å². The number of likely N-dealkylation sites (tertiary alicyclic amines) is 1. The number of hydrogen-bond acceptors (Lipinski definition) is 2. The van der Waals surface area contributed by atoms with Gasteiger partial charge >= 0.3 is 0 Å². The summed E-state index contributed by atoms with van der Waals surface area (Å²) < 4.78 is 0. The maximum Gasteiger partial charge on any atom is 0.0180 e. The molecule has 2 heteroatoms. The molecule has 2 aliphatic carbocycles. The number of benzene rings is 1. The van der Waals surface area contributed by atoms with Crippen LogP contribution in [0.1, 0.15) is 30.4 Å². The van der Waals surface area contributed by atoms with Gasteiger partial charge in [0.05, 0.1) is 0 Å².